The number of carbonyl (C=O) groups is 3. The van der Waals surface area contributed by atoms with Gasteiger partial charge in [0.1, 0.15) is 11.5 Å². The lowest BCUT2D eigenvalue weighted by Crippen LogP contribution is -2.37. The van der Waals surface area contributed by atoms with Crippen molar-refractivity contribution >= 4 is 24.0 Å². The van der Waals surface area contributed by atoms with Gasteiger partial charge in [-0.05, 0) is 24.3 Å². The lowest BCUT2D eigenvalue weighted by molar-refractivity contribution is -0.143. The summed E-state index contributed by atoms with van der Waals surface area (Å²) in [6.45, 7) is -0.610. The highest BCUT2D eigenvalue weighted by Gasteiger charge is 2.07. The molecule has 8 heteroatoms. The van der Waals surface area contributed by atoms with Gasteiger partial charge in [-0.1, -0.05) is 0 Å². The summed E-state index contributed by atoms with van der Waals surface area (Å²) < 4.78 is 14.9. The molecule has 0 saturated carbocycles. The fourth-order valence-corrected chi connectivity index (χ4v) is 1.49. The number of rotatable bonds is 6. The smallest absolute Gasteiger partial charge is 0.331 e. The Hall–Kier alpha value is -3.03. The van der Waals surface area contributed by atoms with Crippen molar-refractivity contribution in [1.29, 1.82) is 0 Å². The molecule has 3 amide bonds. The van der Waals surface area contributed by atoms with Gasteiger partial charge in [-0.25, -0.2) is 9.59 Å². The van der Waals surface area contributed by atoms with Crippen LogP contribution in [-0.4, -0.2) is 38.7 Å². The predicted octanol–water partition coefficient (Wildman–Crippen LogP) is 0.455. The Morgan fingerprint density at radius 1 is 1.23 bits per heavy atom. The van der Waals surface area contributed by atoms with Crippen LogP contribution in [0, 0.1) is 0 Å². The van der Waals surface area contributed by atoms with Crippen LogP contribution in [0.4, 0.5) is 4.79 Å². The topological polar surface area (TPSA) is 117 Å². The van der Waals surface area contributed by atoms with Crippen molar-refractivity contribution in [3.63, 3.8) is 0 Å². The number of carbonyl (C=O) groups excluding carboxylic acids is 3. The van der Waals surface area contributed by atoms with Crippen LogP contribution in [0.3, 0.4) is 0 Å². The van der Waals surface area contributed by atoms with Crippen LogP contribution in [0.25, 0.3) is 6.08 Å². The van der Waals surface area contributed by atoms with Crippen molar-refractivity contribution in [2.75, 3.05) is 20.8 Å². The van der Waals surface area contributed by atoms with E-state index in [1.807, 2.05) is 0 Å². The first kappa shape index (κ1) is 17.0. The molecule has 0 bridgehead atoms. The van der Waals surface area contributed by atoms with E-state index in [1.54, 1.807) is 23.5 Å². The highest BCUT2D eigenvalue weighted by Crippen LogP contribution is 2.24. The third kappa shape index (κ3) is 5.53. The maximum Gasteiger partial charge on any atom is 0.331 e. The average molecular weight is 308 g/mol. The Morgan fingerprint density at radius 3 is 2.55 bits per heavy atom. The number of primary amides is 1. The van der Waals surface area contributed by atoms with Gasteiger partial charge in [0.2, 0.25) is 0 Å². The Kier molecular flexibility index (Phi) is 6.42. The highest BCUT2D eigenvalue weighted by atomic mass is 16.5. The van der Waals surface area contributed by atoms with Gasteiger partial charge in [0.05, 0.1) is 14.2 Å². The third-order valence-electron chi connectivity index (χ3n) is 2.44. The van der Waals surface area contributed by atoms with E-state index in [9.17, 15) is 14.4 Å². The maximum atomic E-state index is 11.5. The van der Waals surface area contributed by atoms with Crippen molar-refractivity contribution in [3.05, 3.63) is 29.8 Å². The van der Waals surface area contributed by atoms with Gasteiger partial charge in [0, 0.05) is 11.6 Å². The largest absolute Gasteiger partial charge is 0.497 e. The number of ether oxygens (including phenoxy) is 3. The predicted molar refractivity (Wildman–Crippen MR) is 77.3 cm³/mol. The zero-order valence-corrected chi connectivity index (χ0v) is 12.1. The Bertz CT molecular complexity index is 597. The second-order valence-electron chi connectivity index (χ2n) is 3.96. The van der Waals surface area contributed by atoms with Crippen LogP contribution in [-0.2, 0) is 14.3 Å². The number of hydrogen-bond acceptors (Lipinski definition) is 6. The number of esters is 1. The monoisotopic (exact) mass is 308 g/mol. The first-order valence-electron chi connectivity index (χ1n) is 6.12. The zero-order chi connectivity index (χ0) is 16.5. The van der Waals surface area contributed by atoms with Crippen molar-refractivity contribution in [1.82, 2.24) is 5.32 Å². The molecule has 0 fully saturated rings. The number of nitrogens with one attached hydrogen (secondary N) is 1. The summed E-state index contributed by atoms with van der Waals surface area (Å²) in [5.41, 5.74) is 5.34. The molecular weight excluding hydrogens is 292 g/mol. The van der Waals surface area contributed by atoms with E-state index in [-0.39, 0.29) is 0 Å². The molecule has 0 aliphatic carbocycles. The summed E-state index contributed by atoms with van der Waals surface area (Å²) in [5, 5.41) is 1.77. The summed E-state index contributed by atoms with van der Waals surface area (Å²) in [7, 11) is 3.01. The maximum absolute atomic E-state index is 11.5. The number of amides is 3. The highest BCUT2D eigenvalue weighted by molar-refractivity contribution is 5.96. The Morgan fingerprint density at radius 2 is 1.95 bits per heavy atom. The van der Waals surface area contributed by atoms with Crippen LogP contribution in [0.5, 0.6) is 11.5 Å². The van der Waals surface area contributed by atoms with Crippen LogP contribution < -0.4 is 20.5 Å². The first-order valence-corrected chi connectivity index (χ1v) is 6.12. The van der Waals surface area contributed by atoms with Gasteiger partial charge in [-0.2, -0.15) is 0 Å². The molecule has 0 unspecified atom stereocenters. The van der Waals surface area contributed by atoms with Gasteiger partial charge >= 0.3 is 12.0 Å². The molecule has 0 heterocycles. The number of nitrogens with two attached hydrogens (primary N) is 1. The molecule has 118 valence electrons. The molecule has 1 aromatic rings. The summed E-state index contributed by atoms with van der Waals surface area (Å²) in [5.74, 6) is -0.441. The fraction of sp³-hybridized carbons (Fsp3) is 0.214. The minimum atomic E-state index is -1.02. The lowest BCUT2D eigenvalue weighted by atomic mass is 10.1. The van der Waals surface area contributed by atoms with E-state index in [0.717, 1.165) is 6.08 Å². The van der Waals surface area contributed by atoms with Crippen molar-refractivity contribution in [2.45, 2.75) is 0 Å². The van der Waals surface area contributed by atoms with Gasteiger partial charge in [-0.3, -0.25) is 10.1 Å². The van der Waals surface area contributed by atoms with E-state index in [0.29, 0.717) is 17.1 Å². The van der Waals surface area contributed by atoms with Crippen LogP contribution in [0.1, 0.15) is 5.56 Å². The summed E-state index contributed by atoms with van der Waals surface area (Å²) in [6.07, 6.45) is 2.57. The van der Waals surface area contributed by atoms with E-state index in [2.05, 4.69) is 4.74 Å². The molecule has 22 heavy (non-hydrogen) atoms. The molecule has 0 aliphatic heterocycles. The second kappa shape index (κ2) is 8.30. The van der Waals surface area contributed by atoms with Gasteiger partial charge in [-0.15, -0.1) is 0 Å². The normalized spacial score (nSPS) is 10.1. The van der Waals surface area contributed by atoms with Crippen molar-refractivity contribution in [3.8, 4) is 11.5 Å². The Labute approximate surface area is 126 Å². The van der Waals surface area contributed by atoms with E-state index < -0.39 is 24.5 Å². The number of urea groups is 1. The van der Waals surface area contributed by atoms with Crippen LogP contribution >= 0.6 is 0 Å². The number of benzene rings is 1. The Balaban J connectivity index is 2.65. The van der Waals surface area contributed by atoms with Crippen molar-refractivity contribution < 1.29 is 28.6 Å². The van der Waals surface area contributed by atoms with Crippen LogP contribution in [0.2, 0.25) is 0 Å². The number of hydrogen-bond donors (Lipinski definition) is 2. The van der Waals surface area contributed by atoms with E-state index in [4.69, 9.17) is 15.2 Å². The minimum absolute atomic E-state index is 0.538. The quantitative estimate of drug-likeness (QED) is 0.582. The first-order chi connectivity index (χ1) is 10.5. The van der Waals surface area contributed by atoms with Crippen molar-refractivity contribution in [2.24, 2.45) is 5.73 Å². The van der Waals surface area contributed by atoms with E-state index >= 15 is 0 Å². The third-order valence-corrected chi connectivity index (χ3v) is 2.44. The fourth-order valence-electron chi connectivity index (χ4n) is 1.49. The molecule has 1 rings (SSSR count). The molecule has 3 N–H and O–H groups in total. The lowest BCUT2D eigenvalue weighted by Gasteiger charge is -2.07. The molecular formula is C14H16N2O6. The number of imide groups is 1. The van der Waals surface area contributed by atoms with Gasteiger partial charge < -0.3 is 19.9 Å². The summed E-state index contributed by atoms with van der Waals surface area (Å²) in [6, 6.07) is 4.05. The zero-order valence-electron chi connectivity index (χ0n) is 12.1. The molecule has 0 aliphatic rings. The SMILES string of the molecule is COc1ccc(OC)c(/C=C/C(=O)OCC(=O)NC(N)=O)c1. The molecule has 8 nitrogen and oxygen atoms in total. The molecule has 0 aromatic heterocycles. The molecule has 0 saturated heterocycles. The minimum Gasteiger partial charge on any atom is -0.497 e. The average Bonchev–Trinajstić information content (AvgIpc) is 2.49. The standard InChI is InChI=1S/C14H16N2O6/c1-20-10-4-5-11(21-2)9(7-10)3-6-13(18)22-8-12(17)16-14(15)19/h3-7H,8H2,1-2H3,(H3,15,16,17,19)/b6-3+. The molecule has 1 aromatic carbocycles. The molecule has 0 radical (unpaired) electrons. The second-order valence-corrected chi connectivity index (χ2v) is 3.96. The van der Waals surface area contributed by atoms with Gasteiger partial charge in [0.25, 0.3) is 5.91 Å². The van der Waals surface area contributed by atoms with Gasteiger partial charge in [0.15, 0.2) is 6.61 Å². The number of methoxy groups -OCH3 is 2. The molecule has 0 atom stereocenters. The van der Waals surface area contributed by atoms with Crippen LogP contribution in [0.15, 0.2) is 24.3 Å². The molecule has 0 spiro atoms. The summed E-state index contributed by atoms with van der Waals surface area (Å²) in [4.78, 5) is 33.0. The summed E-state index contributed by atoms with van der Waals surface area (Å²) >= 11 is 0. The van der Waals surface area contributed by atoms with E-state index in [1.165, 1.54) is 20.3 Å².